The number of rotatable bonds is 7. The van der Waals surface area contributed by atoms with Crippen LogP contribution in [0.25, 0.3) is 11.3 Å². The van der Waals surface area contributed by atoms with Crippen LogP contribution in [0.1, 0.15) is 12.0 Å². The summed E-state index contributed by atoms with van der Waals surface area (Å²) in [6.07, 6.45) is 0.244. The number of hydrogen-bond donors (Lipinski definition) is 1. The van der Waals surface area contributed by atoms with Crippen molar-refractivity contribution in [3.63, 3.8) is 0 Å². The Labute approximate surface area is 189 Å². The van der Waals surface area contributed by atoms with Crippen LogP contribution in [-0.2, 0) is 4.79 Å². The zero-order chi connectivity index (χ0) is 21.5. The molecule has 1 heterocycles. The minimum Gasteiger partial charge on any atom is -0.497 e. The first-order valence-corrected chi connectivity index (χ1v) is 10.7. The summed E-state index contributed by atoms with van der Waals surface area (Å²) in [5.74, 6) is 1.05. The Morgan fingerprint density at radius 1 is 1.13 bits per heavy atom. The average molecular weight is 458 g/mol. The number of nitrogens with zero attached hydrogens (tertiary/aromatic N) is 2. The topological polar surface area (TPSA) is 75.0 Å². The summed E-state index contributed by atoms with van der Waals surface area (Å²) >= 11 is 13.3. The van der Waals surface area contributed by atoms with E-state index in [9.17, 15) is 10.1 Å². The Hall–Kier alpha value is -2.72. The van der Waals surface area contributed by atoms with Crippen molar-refractivity contribution in [2.45, 2.75) is 11.4 Å². The standard InChI is InChI=1S/C22H17Cl2N3O2S/c1-29-19-5-2-14(3-6-19)20-7-4-15(13-25)22(27-20)30-9-8-21(28)26-18-11-16(23)10-17(24)12-18/h2-7,10-12H,8-9H2,1H3,(H,26,28). The van der Waals surface area contributed by atoms with Gasteiger partial charge in [-0.05, 0) is 54.6 Å². The van der Waals surface area contributed by atoms with Crippen molar-refractivity contribution in [3.8, 4) is 23.1 Å². The molecule has 0 radical (unpaired) electrons. The van der Waals surface area contributed by atoms with E-state index in [0.29, 0.717) is 32.1 Å². The van der Waals surface area contributed by atoms with Crippen molar-refractivity contribution >= 4 is 46.6 Å². The van der Waals surface area contributed by atoms with E-state index >= 15 is 0 Å². The number of carbonyl (C=O) groups excluding carboxylic acids is 1. The van der Waals surface area contributed by atoms with Gasteiger partial charge in [0.25, 0.3) is 0 Å². The van der Waals surface area contributed by atoms with E-state index in [1.807, 2.05) is 24.3 Å². The number of carbonyl (C=O) groups is 1. The van der Waals surface area contributed by atoms with Crippen LogP contribution in [0.4, 0.5) is 5.69 Å². The van der Waals surface area contributed by atoms with Gasteiger partial charge >= 0.3 is 0 Å². The molecule has 3 aromatic rings. The Morgan fingerprint density at radius 2 is 1.83 bits per heavy atom. The number of halogens is 2. The molecule has 1 aromatic heterocycles. The van der Waals surface area contributed by atoms with Crippen LogP contribution in [0, 0.1) is 11.3 Å². The fourth-order valence-corrected chi connectivity index (χ4v) is 4.09. The Balaban J connectivity index is 1.65. The number of nitriles is 1. The highest BCUT2D eigenvalue weighted by Crippen LogP contribution is 2.27. The molecule has 0 aliphatic carbocycles. The molecule has 3 rings (SSSR count). The lowest BCUT2D eigenvalue weighted by molar-refractivity contribution is -0.115. The van der Waals surface area contributed by atoms with Crippen LogP contribution in [-0.4, -0.2) is 23.8 Å². The molecule has 0 unspecified atom stereocenters. The highest BCUT2D eigenvalue weighted by molar-refractivity contribution is 7.99. The monoisotopic (exact) mass is 457 g/mol. The Bertz CT molecular complexity index is 1080. The van der Waals surface area contributed by atoms with Gasteiger partial charge in [0.1, 0.15) is 16.8 Å². The second-order valence-corrected chi connectivity index (χ2v) is 8.15. The van der Waals surface area contributed by atoms with E-state index in [1.165, 1.54) is 11.8 Å². The second kappa shape index (κ2) is 10.4. The van der Waals surface area contributed by atoms with Crippen molar-refractivity contribution in [2.75, 3.05) is 18.2 Å². The zero-order valence-electron chi connectivity index (χ0n) is 16.0. The number of benzene rings is 2. The number of thioether (sulfide) groups is 1. The minimum atomic E-state index is -0.175. The van der Waals surface area contributed by atoms with Gasteiger partial charge in [0.05, 0.1) is 18.4 Å². The predicted molar refractivity (Wildman–Crippen MR) is 121 cm³/mol. The summed E-state index contributed by atoms with van der Waals surface area (Å²) in [6, 6.07) is 18.1. The third-order valence-corrected chi connectivity index (χ3v) is 5.51. The average Bonchev–Trinajstić information content (AvgIpc) is 2.73. The van der Waals surface area contributed by atoms with Crippen LogP contribution in [0.3, 0.4) is 0 Å². The maximum Gasteiger partial charge on any atom is 0.225 e. The first-order chi connectivity index (χ1) is 14.5. The lowest BCUT2D eigenvalue weighted by atomic mass is 10.1. The fourth-order valence-electron chi connectivity index (χ4n) is 2.65. The van der Waals surface area contributed by atoms with Crippen molar-refractivity contribution < 1.29 is 9.53 Å². The molecular formula is C22H17Cl2N3O2S. The van der Waals surface area contributed by atoms with Crippen LogP contribution >= 0.6 is 35.0 Å². The molecule has 0 atom stereocenters. The molecular weight excluding hydrogens is 441 g/mol. The molecule has 30 heavy (non-hydrogen) atoms. The largest absolute Gasteiger partial charge is 0.497 e. The van der Waals surface area contributed by atoms with Crippen LogP contribution in [0.2, 0.25) is 10.0 Å². The van der Waals surface area contributed by atoms with E-state index in [2.05, 4.69) is 16.4 Å². The number of methoxy groups -OCH3 is 1. The van der Waals surface area contributed by atoms with E-state index in [0.717, 1.165) is 17.0 Å². The summed E-state index contributed by atoms with van der Waals surface area (Å²) in [7, 11) is 1.61. The van der Waals surface area contributed by atoms with E-state index in [-0.39, 0.29) is 12.3 Å². The van der Waals surface area contributed by atoms with Gasteiger partial charge in [-0.25, -0.2) is 4.98 Å². The second-order valence-electron chi connectivity index (χ2n) is 6.19. The molecule has 1 amide bonds. The summed E-state index contributed by atoms with van der Waals surface area (Å²) in [5.41, 5.74) is 2.68. The number of amides is 1. The van der Waals surface area contributed by atoms with Gasteiger partial charge < -0.3 is 10.1 Å². The number of hydrogen-bond acceptors (Lipinski definition) is 5. The maximum absolute atomic E-state index is 12.2. The SMILES string of the molecule is COc1ccc(-c2ccc(C#N)c(SCCC(=O)Nc3cc(Cl)cc(Cl)c3)n2)cc1. The first-order valence-electron chi connectivity index (χ1n) is 8.93. The fraction of sp³-hybridized carbons (Fsp3) is 0.136. The van der Waals surface area contributed by atoms with Crippen LogP contribution in [0.15, 0.2) is 59.6 Å². The molecule has 0 aliphatic rings. The minimum absolute atomic E-state index is 0.175. The zero-order valence-corrected chi connectivity index (χ0v) is 18.3. The van der Waals surface area contributed by atoms with E-state index in [1.54, 1.807) is 37.4 Å². The molecule has 0 fully saturated rings. The highest BCUT2D eigenvalue weighted by Gasteiger charge is 2.10. The normalized spacial score (nSPS) is 10.3. The highest BCUT2D eigenvalue weighted by atomic mass is 35.5. The molecule has 8 heteroatoms. The third kappa shape index (κ3) is 5.90. The van der Waals surface area contributed by atoms with Crippen LogP contribution < -0.4 is 10.1 Å². The number of ether oxygens (including phenoxy) is 1. The number of nitrogens with one attached hydrogen (secondary N) is 1. The first kappa shape index (κ1) is 22.0. The van der Waals surface area contributed by atoms with Gasteiger partial charge in [0.15, 0.2) is 0 Å². The van der Waals surface area contributed by atoms with E-state index in [4.69, 9.17) is 27.9 Å². The molecule has 0 saturated heterocycles. The van der Waals surface area contributed by atoms with Crippen LogP contribution in [0.5, 0.6) is 5.75 Å². The Kier molecular flexibility index (Phi) is 7.58. The molecule has 0 aliphatic heterocycles. The van der Waals surface area contributed by atoms with Gasteiger partial charge in [0, 0.05) is 33.5 Å². The summed E-state index contributed by atoms with van der Waals surface area (Å²) in [6.45, 7) is 0. The van der Waals surface area contributed by atoms with Gasteiger partial charge in [-0.3, -0.25) is 4.79 Å². The Morgan fingerprint density at radius 3 is 2.47 bits per heavy atom. The smallest absolute Gasteiger partial charge is 0.225 e. The summed E-state index contributed by atoms with van der Waals surface area (Å²) in [4.78, 5) is 16.8. The van der Waals surface area contributed by atoms with Crippen molar-refractivity contribution in [1.29, 1.82) is 5.26 Å². The quantitative estimate of drug-likeness (QED) is 0.436. The third-order valence-electron chi connectivity index (χ3n) is 4.08. The summed E-state index contributed by atoms with van der Waals surface area (Å²) < 4.78 is 5.18. The lowest BCUT2D eigenvalue weighted by Gasteiger charge is -2.08. The molecule has 0 bridgehead atoms. The number of anilines is 1. The van der Waals surface area contributed by atoms with Crippen molar-refractivity contribution in [2.24, 2.45) is 0 Å². The summed E-state index contributed by atoms with van der Waals surface area (Å²) in [5, 5.41) is 13.6. The lowest BCUT2D eigenvalue weighted by Crippen LogP contribution is -2.12. The molecule has 5 nitrogen and oxygen atoms in total. The van der Waals surface area contributed by atoms with Crippen molar-refractivity contribution in [3.05, 3.63) is 70.2 Å². The molecule has 0 saturated carbocycles. The molecule has 0 spiro atoms. The number of pyridine rings is 1. The number of aromatic nitrogens is 1. The van der Waals surface area contributed by atoms with Gasteiger partial charge in [0.2, 0.25) is 5.91 Å². The molecule has 1 N–H and O–H groups in total. The van der Waals surface area contributed by atoms with Crippen molar-refractivity contribution in [1.82, 2.24) is 4.98 Å². The van der Waals surface area contributed by atoms with Gasteiger partial charge in [-0.15, -0.1) is 11.8 Å². The predicted octanol–water partition coefficient (Wildman–Crippen LogP) is 6.06. The van der Waals surface area contributed by atoms with E-state index < -0.39 is 0 Å². The van der Waals surface area contributed by atoms with Gasteiger partial charge in [-0.2, -0.15) is 5.26 Å². The molecule has 152 valence electrons. The maximum atomic E-state index is 12.2. The molecule has 2 aromatic carbocycles. The van der Waals surface area contributed by atoms with Gasteiger partial charge in [-0.1, -0.05) is 23.2 Å².